The maximum Gasteiger partial charge on any atom is 0.253 e. The fourth-order valence-electron chi connectivity index (χ4n) is 4.32. The highest BCUT2D eigenvalue weighted by Gasteiger charge is 2.48. The summed E-state index contributed by atoms with van der Waals surface area (Å²) in [4.78, 5) is 27.2. The van der Waals surface area contributed by atoms with Gasteiger partial charge in [0.25, 0.3) is 5.91 Å². The second-order valence-corrected chi connectivity index (χ2v) is 13.6. The van der Waals surface area contributed by atoms with Gasteiger partial charge in [-0.25, -0.2) is 8.42 Å². The number of morpholine rings is 1. The lowest BCUT2D eigenvalue weighted by molar-refractivity contribution is -0.180. The van der Waals surface area contributed by atoms with Crippen molar-refractivity contribution in [3.05, 3.63) is 69.7 Å². The maximum atomic E-state index is 13.8. The van der Waals surface area contributed by atoms with Crippen molar-refractivity contribution < 1.29 is 22.7 Å². The molecule has 0 saturated carbocycles. The van der Waals surface area contributed by atoms with Crippen LogP contribution in [0, 0.1) is 0 Å². The Balaban J connectivity index is 2.21. The Morgan fingerprint density at radius 1 is 1.08 bits per heavy atom. The quantitative estimate of drug-likeness (QED) is 0.500. The minimum absolute atomic E-state index is 0.242. The molecule has 4 atom stereocenters. The lowest BCUT2D eigenvalue weighted by atomic mass is 9.89. The van der Waals surface area contributed by atoms with Crippen LogP contribution in [-0.4, -0.2) is 47.8 Å². The minimum atomic E-state index is -3.59. The van der Waals surface area contributed by atoms with Crippen LogP contribution in [0.25, 0.3) is 0 Å². The molecule has 0 aromatic heterocycles. The molecule has 36 heavy (non-hydrogen) atoms. The molecule has 1 heterocycles. The summed E-state index contributed by atoms with van der Waals surface area (Å²) in [6, 6.07) is 12.7. The molecule has 3 rings (SSSR count). The molecule has 196 valence electrons. The molecule has 1 fully saturated rings. The van der Waals surface area contributed by atoms with E-state index in [9.17, 15) is 18.0 Å². The van der Waals surface area contributed by atoms with Gasteiger partial charge in [-0.1, -0.05) is 54.4 Å². The first-order valence-electron chi connectivity index (χ1n) is 11.7. The summed E-state index contributed by atoms with van der Waals surface area (Å²) in [5.41, 5.74) is 6.84. The van der Waals surface area contributed by atoms with Gasteiger partial charge in [-0.15, -0.1) is 0 Å². The second-order valence-electron chi connectivity index (χ2n) is 9.97. The lowest BCUT2D eigenvalue weighted by Gasteiger charge is -2.48. The Morgan fingerprint density at radius 3 is 2.25 bits per heavy atom. The van der Waals surface area contributed by atoms with Crippen LogP contribution in [0.2, 0.25) is 10.0 Å². The van der Waals surface area contributed by atoms with E-state index in [-0.39, 0.29) is 12.2 Å². The molecule has 1 aliphatic rings. The number of ether oxygens (including phenoxy) is 1. The van der Waals surface area contributed by atoms with Gasteiger partial charge in [-0.3, -0.25) is 9.59 Å². The van der Waals surface area contributed by atoms with Gasteiger partial charge in [-0.05, 0) is 62.6 Å². The van der Waals surface area contributed by atoms with Crippen molar-refractivity contribution in [3.8, 4) is 0 Å². The van der Waals surface area contributed by atoms with Crippen molar-refractivity contribution in [2.75, 3.05) is 5.75 Å². The average molecular weight is 556 g/mol. The van der Waals surface area contributed by atoms with Gasteiger partial charge in [0.2, 0.25) is 5.91 Å². The summed E-state index contributed by atoms with van der Waals surface area (Å²) in [6.45, 7) is 6.74. The molecule has 0 spiro atoms. The second kappa shape index (κ2) is 11.1. The van der Waals surface area contributed by atoms with E-state index in [1.54, 1.807) is 68.1 Å². The number of carbonyl (C=O) groups is 2. The van der Waals surface area contributed by atoms with Crippen LogP contribution in [0.15, 0.2) is 48.5 Å². The number of nitrogens with two attached hydrogens (primary N) is 1. The van der Waals surface area contributed by atoms with E-state index in [1.165, 1.54) is 0 Å². The zero-order valence-electron chi connectivity index (χ0n) is 20.8. The topological polar surface area (TPSA) is 107 Å². The fraction of sp³-hybridized carbons (Fsp3) is 0.462. The lowest BCUT2D eigenvalue weighted by Crippen LogP contribution is -2.57. The van der Waals surface area contributed by atoms with E-state index in [0.717, 1.165) is 0 Å². The normalized spacial score (nSPS) is 21.9. The summed E-state index contributed by atoms with van der Waals surface area (Å²) in [5, 5.41) is 0.991. The molecule has 0 radical (unpaired) electrons. The molecule has 0 aliphatic carbocycles. The number of hydrogen-bond acceptors (Lipinski definition) is 5. The summed E-state index contributed by atoms with van der Waals surface area (Å²) < 4.78 is 31.7. The predicted octanol–water partition coefficient (Wildman–Crippen LogP) is 4.87. The summed E-state index contributed by atoms with van der Waals surface area (Å²) >= 11 is 12.4. The van der Waals surface area contributed by atoms with Crippen molar-refractivity contribution in [2.45, 2.75) is 69.6 Å². The first kappa shape index (κ1) is 28.4. The highest BCUT2D eigenvalue weighted by molar-refractivity contribution is 7.92. The third kappa shape index (κ3) is 6.22. The zero-order chi connectivity index (χ0) is 26.8. The molecule has 2 aromatic carbocycles. The minimum Gasteiger partial charge on any atom is -0.370 e. The summed E-state index contributed by atoms with van der Waals surface area (Å²) in [5.74, 6) is -1.42. The third-order valence-corrected chi connectivity index (χ3v) is 9.59. The predicted molar refractivity (Wildman–Crippen MR) is 142 cm³/mol. The molecule has 10 heteroatoms. The van der Waals surface area contributed by atoms with E-state index >= 15 is 0 Å². The van der Waals surface area contributed by atoms with E-state index < -0.39 is 50.7 Å². The van der Waals surface area contributed by atoms with Gasteiger partial charge in [0.05, 0.1) is 23.0 Å². The number of rotatable bonds is 8. The molecular weight excluding hydrogens is 523 g/mol. The van der Waals surface area contributed by atoms with Crippen LogP contribution in [0.1, 0.15) is 63.8 Å². The van der Waals surface area contributed by atoms with Gasteiger partial charge in [-0.2, -0.15) is 0 Å². The SMILES string of the molecule is CC[C@@H](CS(=O)(=O)C(C)(C)C)N1C(=O)[C@H](CC(N)=O)O[C@H](c2cccc(Cl)c2)[C@H]1c1ccc(Cl)cc1. The molecular formula is C26H32Cl2N2O5S. The largest absolute Gasteiger partial charge is 0.370 e. The van der Waals surface area contributed by atoms with Crippen molar-refractivity contribution in [3.63, 3.8) is 0 Å². The first-order chi connectivity index (χ1) is 16.7. The highest BCUT2D eigenvalue weighted by Crippen LogP contribution is 2.45. The number of nitrogens with zero attached hydrogens (tertiary/aromatic N) is 1. The molecule has 2 amide bonds. The van der Waals surface area contributed by atoms with Crippen LogP contribution in [0.3, 0.4) is 0 Å². The van der Waals surface area contributed by atoms with Crippen molar-refractivity contribution in [1.29, 1.82) is 0 Å². The Morgan fingerprint density at radius 2 is 1.72 bits per heavy atom. The van der Waals surface area contributed by atoms with E-state index in [4.69, 9.17) is 33.7 Å². The third-order valence-electron chi connectivity index (χ3n) is 6.41. The van der Waals surface area contributed by atoms with Crippen LogP contribution in [0.4, 0.5) is 0 Å². The van der Waals surface area contributed by atoms with Crippen LogP contribution in [-0.2, 0) is 24.2 Å². The number of primary amides is 1. The monoisotopic (exact) mass is 554 g/mol. The van der Waals surface area contributed by atoms with E-state index in [1.807, 2.05) is 13.0 Å². The Kier molecular flexibility index (Phi) is 8.76. The number of carbonyl (C=O) groups excluding carboxylic acids is 2. The molecule has 2 N–H and O–H groups in total. The summed E-state index contributed by atoms with van der Waals surface area (Å²) in [6.07, 6.45) is -1.86. The highest BCUT2D eigenvalue weighted by atomic mass is 35.5. The maximum absolute atomic E-state index is 13.8. The number of benzene rings is 2. The Bertz CT molecular complexity index is 1210. The van der Waals surface area contributed by atoms with Crippen LogP contribution < -0.4 is 5.73 Å². The van der Waals surface area contributed by atoms with E-state index in [2.05, 4.69) is 0 Å². The Hall–Kier alpha value is -2.13. The fourth-order valence-corrected chi connectivity index (χ4v) is 6.05. The standard InChI is InChI=1S/C26H32Cl2N2O5S/c1-5-20(15-36(33,34)26(2,3)4)30-23(16-9-11-18(27)12-10-16)24(17-7-6-8-19(28)13-17)35-21(25(30)32)14-22(29)31/h6-13,20-21,23-24H,5,14-15H2,1-4H3,(H2,29,31)/t20-,21-,23+,24+/m0/s1. The number of amides is 2. The molecule has 2 aromatic rings. The van der Waals surface area contributed by atoms with Crippen molar-refractivity contribution in [1.82, 2.24) is 4.90 Å². The van der Waals surface area contributed by atoms with E-state index in [0.29, 0.717) is 27.6 Å². The van der Waals surface area contributed by atoms with Gasteiger partial charge in [0, 0.05) is 16.1 Å². The van der Waals surface area contributed by atoms with Crippen molar-refractivity contribution in [2.24, 2.45) is 5.73 Å². The average Bonchev–Trinajstić information content (AvgIpc) is 2.78. The smallest absolute Gasteiger partial charge is 0.253 e. The molecule has 7 nitrogen and oxygen atoms in total. The number of hydrogen-bond donors (Lipinski definition) is 1. The van der Waals surface area contributed by atoms with Gasteiger partial charge in [0.1, 0.15) is 12.2 Å². The summed E-state index contributed by atoms with van der Waals surface area (Å²) in [7, 11) is -3.59. The van der Waals surface area contributed by atoms with Crippen LogP contribution >= 0.6 is 23.2 Å². The number of halogens is 2. The van der Waals surface area contributed by atoms with Crippen LogP contribution in [0.5, 0.6) is 0 Å². The first-order valence-corrected chi connectivity index (χ1v) is 14.1. The van der Waals surface area contributed by atoms with Gasteiger partial charge in [0.15, 0.2) is 9.84 Å². The Labute approximate surface area is 222 Å². The molecule has 1 saturated heterocycles. The van der Waals surface area contributed by atoms with Gasteiger partial charge >= 0.3 is 0 Å². The zero-order valence-corrected chi connectivity index (χ0v) is 23.1. The van der Waals surface area contributed by atoms with Crippen molar-refractivity contribution >= 4 is 44.9 Å². The molecule has 1 aliphatic heterocycles. The number of sulfone groups is 1. The van der Waals surface area contributed by atoms with Gasteiger partial charge < -0.3 is 15.4 Å². The molecule has 0 bridgehead atoms. The molecule has 0 unspecified atom stereocenters.